The van der Waals surface area contributed by atoms with Gasteiger partial charge in [-0.05, 0) is 55.8 Å². The van der Waals surface area contributed by atoms with Crippen molar-refractivity contribution in [2.75, 3.05) is 37.6 Å². The fourth-order valence-corrected chi connectivity index (χ4v) is 5.12. The summed E-state index contributed by atoms with van der Waals surface area (Å²) in [7, 11) is 0. The maximum atomic E-state index is 13.5. The highest BCUT2D eigenvalue weighted by Gasteiger charge is 2.53. The number of carboxylic acids is 3. The van der Waals surface area contributed by atoms with Crippen LogP contribution in [0.1, 0.15) is 31.2 Å². The average Bonchev–Trinajstić information content (AvgIpc) is 3.83. The van der Waals surface area contributed by atoms with E-state index in [0.29, 0.717) is 12.5 Å². The maximum Gasteiger partial charge on any atom is 0.490 e. The van der Waals surface area contributed by atoms with Crippen LogP contribution < -0.4 is 10.2 Å². The van der Waals surface area contributed by atoms with E-state index in [1.54, 1.807) is 12.4 Å². The lowest BCUT2D eigenvalue weighted by Gasteiger charge is -2.32. The molecule has 2 atom stereocenters. The van der Waals surface area contributed by atoms with Crippen LogP contribution in [-0.2, 0) is 25.7 Å². The van der Waals surface area contributed by atoms with Gasteiger partial charge in [0.1, 0.15) is 0 Å². The van der Waals surface area contributed by atoms with Crippen LogP contribution in [-0.4, -0.2) is 110 Å². The predicted octanol–water partition coefficient (Wildman–Crippen LogP) is 4.02. The number of amides is 1. The molecule has 0 unspecified atom stereocenters. The molecular formula is C29H33F9N6O7. The van der Waals surface area contributed by atoms with Gasteiger partial charge in [-0.2, -0.15) is 39.5 Å². The number of hydrogen-bond donors (Lipinski definition) is 4. The number of rotatable bonds is 6. The number of carbonyl (C=O) groups is 4. The van der Waals surface area contributed by atoms with Crippen LogP contribution in [0.15, 0.2) is 43.0 Å². The molecule has 22 heteroatoms. The van der Waals surface area contributed by atoms with E-state index < -0.39 is 36.4 Å². The molecule has 2 aromatic heterocycles. The number of nitrogens with one attached hydrogen (secondary N) is 1. The van der Waals surface area contributed by atoms with E-state index in [4.69, 9.17) is 29.7 Å². The number of aromatic nitrogens is 3. The number of halogens is 9. The molecule has 4 N–H and O–H groups in total. The minimum atomic E-state index is -5.08. The summed E-state index contributed by atoms with van der Waals surface area (Å²) in [5.41, 5.74) is 0.863. The molecule has 51 heavy (non-hydrogen) atoms. The Morgan fingerprint density at radius 3 is 1.80 bits per heavy atom. The Kier molecular flexibility index (Phi) is 14.9. The van der Waals surface area contributed by atoms with Crippen LogP contribution >= 0.6 is 0 Å². The van der Waals surface area contributed by atoms with Gasteiger partial charge in [-0.1, -0.05) is 6.07 Å². The molecule has 2 aromatic rings. The third kappa shape index (κ3) is 14.2. The number of fused-ring (bicyclic) bond motifs is 1. The molecule has 1 aliphatic carbocycles. The smallest absolute Gasteiger partial charge is 0.475 e. The number of carbonyl (C=O) groups excluding carboxylic acids is 1. The maximum absolute atomic E-state index is 13.5. The van der Waals surface area contributed by atoms with Crippen molar-refractivity contribution >= 4 is 29.8 Å². The molecule has 1 saturated carbocycles. The number of carboxylic acid groups (broad SMARTS) is 3. The molecule has 5 rings (SSSR count). The first-order valence-electron chi connectivity index (χ1n) is 14.9. The number of anilines is 1. The Labute approximate surface area is 283 Å². The van der Waals surface area contributed by atoms with Gasteiger partial charge in [-0.3, -0.25) is 14.7 Å². The Morgan fingerprint density at radius 2 is 1.35 bits per heavy atom. The zero-order chi connectivity index (χ0) is 38.6. The third-order valence-electron chi connectivity index (χ3n) is 7.66. The minimum Gasteiger partial charge on any atom is -0.475 e. The monoisotopic (exact) mass is 748 g/mol. The first kappa shape index (κ1) is 42.4. The summed E-state index contributed by atoms with van der Waals surface area (Å²) in [6.07, 6.45) is -3.48. The van der Waals surface area contributed by atoms with Gasteiger partial charge in [-0.15, -0.1) is 0 Å². The summed E-state index contributed by atoms with van der Waals surface area (Å²) in [6.45, 7) is 5.17. The Balaban J connectivity index is 0.000000352. The van der Waals surface area contributed by atoms with E-state index in [0.717, 1.165) is 51.5 Å². The van der Waals surface area contributed by atoms with E-state index in [1.165, 1.54) is 18.4 Å². The van der Waals surface area contributed by atoms with Crippen molar-refractivity contribution in [3.05, 3.63) is 48.5 Å². The Morgan fingerprint density at radius 1 is 0.824 bits per heavy atom. The number of nitrogens with zero attached hydrogens (tertiary/aromatic N) is 5. The van der Waals surface area contributed by atoms with Gasteiger partial charge in [0.25, 0.3) is 0 Å². The van der Waals surface area contributed by atoms with Crippen molar-refractivity contribution < 1.29 is 74.0 Å². The summed E-state index contributed by atoms with van der Waals surface area (Å²) in [5, 5.41) is 24.7. The number of likely N-dealkylation sites (tertiary alicyclic amines) is 1. The molecule has 4 heterocycles. The summed E-state index contributed by atoms with van der Waals surface area (Å²) < 4.78 is 95.2. The van der Waals surface area contributed by atoms with Crippen molar-refractivity contribution in [3.8, 4) is 0 Å². The fraction of sp³-hybridized carbons (Fsp3) is 0.552. The molecule has 0 bridgehead atoms. The number of aliphatic carboxylic acids is 3. The highest BCUT2D eigenvalue weighted by atomic mass is 19.4. The van der Waals surface area contributed by atoms with Gasteiger partial charge in [0, 0.05) is 63.4 Å². The van der Waals surface area contributed by atoms with Crippen LogP contribution in [0.4, 0.5) is 45.5 Å². The van der Waals surface area contributed by atoms with Crippen LogP contribution in [0, 0.1) is 17.3 Å². The summed E-state index contributed by atoms with van der Waals surface area (Å²) in [5.74, 6) is -6.35. The lowest BCUT2D eigenvalue weighted by Crippen LogP contribution is -2.48. The van der Waals surface area contributed by atoms with Gasteiger partial charge in [0.15, 0.2) is 0 Å². The van der Waals surface area contributed by atoms with Crippen LogP contribution in [0.3, 0.4) is 0 Å². The number of pyridine rings is 1. The van der Waals surface area contributed by atoms with Gasteiger partial charge < -0.3 is 25.5 Å². The van der Waals surface area contributed by atoms with Crippen LogP contribution in [0.25, 0.3) is 0 Å². The zero-order valence-corrected chi connectivity index (χ0v) is 26.4. The normalized spacial score (nSPS) is 20.4. The molecular weight excluding hydrogens is 715 g/mol. The highest BCUT2D eigenvalue weighted by Crippen LogP contribution is 2.44. The lowest BCUT2D eigenvalue weighted by atomic mass is 9.74. The van der Waals surface area contributed by atoms with E-state index in [2.05, 4.69) is 36.1 Å². The second kappa shape index (κ2) is 17.9. The van der Waals surface area contributed by atoms with Crippen molar-refractivity contribution in [3.63, 3.8) is 0 Å². The topological polar surface area (TPSA) is 186 Å². The third-order valence-corrected chi connectivity index (χ3v) is 7.66. The first-order chi connectivity index (χ1) is 23.6. The van der Waals surface area contributed by atoms with E-state index in [9.17, 15) is 44.3 Å². The molecule has 3 aliphatic rings. The lowest BCUT2D eigenvalue weighted by molar-refractivity contribution is -0.193. The number of alkyl halides is 9. The molecule has 0 spiro atoms. The molecule has 0 radical (unpaired) electrons. The SMILES string of the molecule is O=C(NCC1CC1)[C@@]12CCCN(Cc3cccnc3)C[C@H]1CN(c1ncccn1)C2.O=C(O)C(F)(F)F.O=C(O)C(F)(F)F.O=C(O)C(F)(F)F. The second-order valence-electron chi connectivity index (χ2n) is 11.5. The van der Waals surface area contributed by atoms with Crippen molar-refractivity contribution in [2.24, 2.45) is 17.3 Å². The fourth-order valence-electron chi connectivity index (χ4n) is 5.12. The van der Waals surface area contributed by atoms with Gasteiger partial charge in [0.2, 0.25) is 11.9 Å². The van der Waals surface area contributed by atoms with Gasteiger partial charge in [-0.25, -0.2) is 24.4 Å². The molecule has 1 amide bonds. The highest BCUT2D eigenvalue weighted by molar-refractivity contribution is 5.84. The largest absolute Gasteiger partial charge is 0.490 e. The molecule has 2 saturated heterocycles. The van der Waals surface area contributed by atoms with Gasteiger partial charge >= 0.3 is 36.4 Å². The van der Waals surface area contributed by atoms with Crippen molar-refractivity contribution in [1.82, 2.24) is 25.2 Å². The Hall–Kier alpha value is -4.76. The standard InChI is InChI=1S/C23H30N6O.3C2HF3O2/c30-21(27-13-18-5-6-18)23-7-2-11-28(14-19-4-1-8-24-12-19)15-20(23)16-29(17-23)22-25-9-3-10-26-22;3*3-2(4,5)1(6)7/h1,3-4,8-10,12,18,20H,2,5-7,11,13-17H2,(H,27,30);3*(H,6,7)/t20-,23+;;;/m0.../s1. The van der Waals surface area contributed by atoms with Crippen molar-refractivity contribution in [2.45, 2.75) is 50.8 Å². The van der Waals surface area contributed by atoms with Crippen LogP contribution in [0.5, 0.6) is 0 Å². The quantitative estimate of drug-likeness (QED) is 0.312. The molecule has 284 valence electrons. The summed E-state index contributed by atoms with van der Waals surface area (Å²) in [4.78, 5) is 58.1. The molecule has 13 nitrogen and oxygen atoms in total. The minimum absolute atomic E-state index is 0.237. The Bertz CT molecular complexity index is 1390. The average molecular weight is 749 g/mol. The predicted molar refractivity (Wildman–Crippen MR) is 156 cm³/mol. The van der Waals surface area contributed by atoms with Gasteiger partial charge in [0.05, 0.1) is 5.41 Å². The first-order valence-corrected chi connectivity index (χ1v) is 14.9. The number of hydrogen-bond acceptors (Lipinski definition) is 9. The van der Waals surface area contributed by atoms with E-state index in [1.807, 2.05) is 24.5 Å². The van der Waals surface area contributed by atoms with E-state index >= 15 is 0 Å². The van der Waals surface area contributed by atoms with E-state index in [-0.39, 0.29) is 17.2 Å². The zero-order valence-electron chi connectivity index (χ0n) is 26.4. The van der Waals surface area contributed by atoms with Crippen molar-refractivity contribution in [1.29, 1.82) is 0 Å². The summed E-state index contributed by atoms with van der Waals surface area (Å²) >= 11 is 0. The second-order valence-corrected chi connectivity index (χ2v) is 11.5. The molecule has 0 aromatic carbocycles. The molecule has 3 fully saturated rings. The summed E-state index contributed by atoms with van der Waals surface area (Å²) in [6, 6.07) is 5.96. The van der Waals surface area contributed by atoms with Crippen LogP contribution in [0.2, 0.25) is 0 Å². The molecule has 2 aliphatic heterocycles.